The zero-order valence-corrected chi connectivity index (χ0v) is 15.1. The Labute approximate surface area is 152 Å². The van der Waals surface area contributed by atoms with E-state index in [4.69, 9.17) is 9.57 Å². The molecule has 1 aromatic carbocycles. The number of amides is 2. The van der Waals surface area contributed by atoms with Gasteiger partial charge in [-0.05, 0) is 30.5 Å². The Bertz CT molecular complexity index is 731. The van der Waals surface area contributed by atoms with E-state index in [0.29, 0.717) is 5.75 Å². The number of carbonyl (C=O) groups is 2. The maximum Gasteiger partial charge on any atom is 0.261 e. The van der Waals surface area contributed by atoms with Gasteiger partial charge in [0.05, 0.1) is 19.1 Å². The lowest BCUT2D eigenvalue weighted by atomic mass is 9.90. The highest BCUT2D eigenvalue weighted by Gasteiger charge is 2.60. The molecule has 3 atom stereocenters. The number of rotatable bonds is 3. The summed E-state index contributed by atoms with van der Waals surface area (Å²) >= 11 is 0. The molecule has 2 saturated heterocycles. The first-order valence-corrected chi connectivity index (χ1v) is 9.16. The van der Waals surface area contributed by atoms with Crippen LogP contribution in [0.4, 0.5) is 0 Å². The summed E-state index contributed by atoms with van der Waals surface area (Å²) in [5, 5.41) is 11.4. The number of benzene rings is 1. The number of fused-ring (bicyclic) bond motifs is 1. The molecule has 0 bridgehead atoms. The van der Waals surface area contributed by atoms with Gasteiger partial charge in [0.15, 0.2) is 17.6 Å². The Morgan fingerprint density at radius 1 is 1.15 bits per heavy atom. The van der Waals surface area contributed by atoms with Crippen molar-refractivity contribution in [3.8, 4) is 11.5 Å². The SMILES string of the molecule is COc1cc(C2C3C(=O)N(C4CCCCC4)C(=O)C3ON2C)ccc1O. The minimum atomic E-state index is -0.765. The second kappa shape index (κ2) is 6.55. The molecule has 7 heteroatoms. The quantitative estimate of drug-likeness (QED) is 0.831. The molecule has 2 amide bonds. The van der Waals surface area contributed by atoms with Crippen LogP contribution in [-0.4, -0.2) is 53.2 Å². The minimum absolute atomic E-state index is 0.00161. The maximum absolute atomic E-state index is 13.2. The number of phenols is 1. The Kier molecular flexibility index (Phi) is 4.36. The van der Waals surface area contributed by atoms with E-state index in [0.717, 1.165) is 37.7 Å². The van der Waals surface area contributed by atoms with E-state index in [9.17, 15) is 14.7 Å². The maximum atomic E-state index is 13.2. The molecule has 0 aromatic heterocycles. The fourth-order valence-corrected chi connectivity index (χ4v) is 4.57. The van der Waals surface area contributed by atoms with E-state index in [1.54, 1.807) is 24.2 Å². The number of hydrogen-bond donors (Lipinski definition) is 1. The molecule has 2 heterocycles. The Morgan fingerprint density at radius 2 is 1.88 bits per heavy atom. The average Bonchev–Trinajstić information content (AvgIpc) is 3.11. The molecule has 0 radical (unpaired) electrons. The van der Waals surface area contributed by atoms with Gasteiger partial charge in [-0.15, -0.1) is 0 Å². The second-order valence-corrected chi connectivity index (χ2v) is 7.31. The molecular weight excluding hydrogens is 336 g/mol. The van der Waals surface area contributed by atoms with Gasteiger partial charge in [0.25, 0.3) is 5.91 Å². The van der Waals surface area contributed by atoms with E-state index >= 15 is 0 Å². The van der Waals surface area contributed by atoms with Crippen LogP contribution in [0.2, 0.25) is 0 Å². The van der Waals surface area contributed by atoms with Crippen LogP contribution in [0.5, 0.6) is 11.5 Å². The van der Waals surface area contributed by atoms with Gasteiger partial charge < -0.3 is 9.84 Å². The number of hydrogen-bond acceptors (Lipinski definition) is 6. The summed E-state index contributed by atoms with van der Waals surface area (Å²) in [6.07, 6.45) is 4.26. The van der Waals surface area contributed by atoms with Crippen LogP contribution in [0.1, 0.15) is 43.7 Å². The van der Waals surface area contributed by atoms with Gasteiger partial charge in [0.1, 0.15) is 0 Å². The summed E-state index contributed by atoms with van der Waals surface area (Å²) in [5.74, 6) is -0.559. The first-order chi connectivity index (χ1) is 12.5. The largest absolute Gasteiger partial charge is 0.504 e. The van der Waals surface area contributed by atoms with Crippen LogP contribution in [-0.2, 0) is 14.4 Å². The molecule has 3 unspecified atom stereocenters. The number of ether oxygens (including phenoxy) is 1. The van der Waals surface area contributed by atoms with E-state index in [1.807, 2.05) is 0 Å². The van der Waals surface area contributed by atoms with Crippen LogP contribution in [0, 0.1) is 5.92 Å². The van der Waals surface area contributed by atoms with Crippen molar-refractivity contribution < 1.29 is 24.3 Å². The summed E-state index contributed by atoms with van der Waals surface area (Å²) in [5.41, 5.74) is 0.779. The summed E-state index contributed by atoms with van der Waals surface area (Å²) in [6.45, 7) is 0. The predicted molar refractivity (Wildman–Crippen MR) is 92.3 cm³/mol. The smallest absolute Gasteiger partial charge is 0.261 e. The van der Waals surface area contributed by atoms with Crippen molar-refractivity contribution in [2.45, 2.75) is 50.3 Å². The van der Waals surface area contributed by atoms with Gasteiger partial charge in [-0.2, -0.15) is 5.06 Å². The van der Waals surface area contributed by atoms with Crippen molar-refractivity contribution >= 4 is 11.8 Å². The molecule has 3 aliphatic rings. The van der Waals surface area contributed by atoms with Crippen LogP contribution in [0.3, 0.4) is 0 Å². The fraction of sp³-hybridized carbons (Fsp3) is 0.579. The van der Waals surface area contributed by atoms with E-state index < -0.39 is 12.0 Å². The molecule has 26 heavy (non-hydrogen) atoms. The molecule has 1 aliphatic carbocycles. The topological polar surface area (TPSA) is 79.3 Å². The van der Waals surface area contributed by atoms with Crippen molar-refractivity contribution in [1.82, 2.24) is 9.96 Å². The van der Waals surface area contributed by atoms with Crippen LogP contribution < -0.4 is 4.74 Å². The molecule has 1 N–H and O–H groups in total. The predicted octanol–water partition coefficient (Wildman–Crippen LogP) is 2.01. The first-order valence-electron chi connectivity index (χ1n) is 9.16. The van der Waals surface area contributed by atoms with E-state index in [1.165, 1.54) is 18.1 Å². The lowest BCUT2D eigenvalue weighted by Crippen LogP contribution is -2.44. The lowest BCUT2D eigenvalue weighted by Gasteiger charge is -2.31. The molecule has 1 aromatic rings. The zero-order chi connectivity index (χ0) is 18.4. The van der Waals surface area contributed by atoms with Gasteiger partial charge in [-0.25, -0.2) is 0 Å². The minimum Gasteiger partial charge on any atom is -0.504 e. The standard InChI is InChI=1S/C19H24N2O5/c1-20-16(11-8-9-13(22)14(10-11)25-2)15-17(26-20)19(24)21(18(15)23)12-6-4-3-5-7-12/h8-10,12,15-17,22H,3-7H2,1-2H3. The van der Waals surface area contributed by atoms with Crippen LogP contribution >= 0.6 is 0 Å². The number of methoxy groups -OCH3 is 1. The number of likely N-dealkylation sites (tertiary alicyclic amines) is 1. The summed E-state index contributed by atoms with van der Waals surface area (Å²) < 4.78 is 5.18. The number of carbonyl (C=O) groups excluding carboxylic acids is 2. The molecule has 3 fully saturated rings. The van der Waals surface area contributed by atoms with Crippen molar-refractivity contribution in [3.63, 3.8) is 0 Å². The summed E-state index contributed by atoms with van der Waals surface area (Å²) in [6, 6.07) is 4.59. The molecule has 1 saturated carbocycles. The molecule has 7 nitrogen and oxygen atoms in total. The molecular formula is C19H24N2O5. The Hall–Kier alpha value is -2.12. The van der Waals surface area contributed by atoms with Crippen LogP contribution in [0.15, 0.2) is 18.2 Å². The molecule has 2 aliphatic heterocycles. The molecule has 140 valence electrons. The van der Waals surface area contributed by atoms with Gasteiger partial charge >= 0.3 is 0 Å². The van der Waals surface area contributed by atoms with Crippen molar-refractivity contribution in [1.29, 1.82) is 0 Å². The third-order valence-electron chi connectivity index (χ3n) is 5.83. The van der Waals surface area contributed by atoms with Crippen molar-refractivity contribution in [2.24, 2.45) is 5.92 Å². The van der Waals surface area contributed by atoms with Crippen molar-refractivity contribution in [2.75, 3.05) is 14.2 Å². The van der Waals surface area contributed by atoms with Gasteiger partial charge in [-0.1, -0.05) is 25.3 Å². The van der Waals surface area contributed by atoms with Gasteiger partial charge in [0.2, 0.25) is 5.91 Å². The monoisotopic (exact) mass is 360 g/mol. The fourth-order valence-electron chi connectivity index (χ4n) is 4.57. The number of nitrogens with zero attached hydrogens (tertiary/aromatic N) is 2. The average molecular weight is 360 g/mol. The van der Waals surface area contributed by atoms with Gasteiger partial charge in [0, 0.05) is 13.1 Å². The zero-order valence-electron chi connectivity index (χ0n) is 15.1. The highest BCUT2D eigenvalue weighted by atomic mass is 16.7. The van der Waals surface area contributed by atoms with E-state index in [-0.39, 0.29) is 29.6 Å². The van der Waals surface area contributed by atoms with Crippen LogP contribution in [0.25, 0.3) is 0 Å². The highest BCUT2D eigenvalue weighted by molar-refractivity contribution is 6.07. The number of aromatic hydroxyl groups is 1. The molecule has 0 spiro atoms. The van der Waals surface area contributed by atoms with E-state index in [2.05, 4.69) is 0 Å². The summed E-state index contributed by atoms with van der Waals surface area (Å²) in [4.78, 5) is 33.3. The molecule has 4 rings (SSSR count). The summed E-state index contributed by atoms with van der Waals surface area (Å²) in [7, 11) is 3.21. The lowest BCUT2D eigenvalue weighted by molar-refractivity contribution is -0.172. The third kappa shape index (κ3) is 2.57. The second-order valence-electron chi connectivity index (χ2n) is 7.31. The third-order valence-corrected chi connectivity index (χ3v) is 5.83. The number of hydroxylamine groups is 2. The highest BCUT2D eigenvalue weighted by Crippen LogP contribution is 2.46. The normalized spacial score (nSPS) is 30.1. The van der Waals surface area contributed by atoms with Gasteiger partial charge in [-0.3, -0.25) is 19.3 Å². The Morgan fingerprint density at radius 3 is 2.58 bits per heavy atom. The Balaban J connectivity index is 1.66. The first kappa shape index (κ1) is 17.3. The number of phenolic OH excluding ortho intramolecular Hbond substituents is 1. The number of imide groups is 1. The van der Waals surface area contributed by atoms with Crippen molar-refractivity contribution in [3.05, 3.63) is 23.8 Å².